The van der Waals surface area contributed by atoms with Gasteiger partial charge in [-0.05, 0) is 18.6 Å². The Labute approximate surface area is 154 Å². The van der Waals surface area contributed by atoms with E-state index in [1.54, 1.807) is 23.5 Å². The van der Waals surface area contributed by atoms with Crippen LogP contribution < -0.4 is 10.6 Å². The van der Waals surface area contributed by atoms with E-state index in [-0.39, 0.29) is 17.8 Å². The van der Waals surface area contributed by atoms with Crippen LogP contribution in [-0.2, 0) is 0 Å². The number of hydrogen-bond acceptors (Lipinski definition) is 4. The molecule has 1 aromatic carbocycles. The predicted octanol–water partition coefficient (Wildman–Crippen LogP) is 2.93. The Morgan fingerprint density at radius 3 is 2.80 bits per heavy atom. The Balaban J connectivity index is 1.37. The molecule has 2 unspecified atom stereocenters. The minimum absolute atomic E-state index is 0.0198. The van der Waals surface area contributed by atoms with Crippen molar-refractivity contribution in [1.82, 2.24) is 9.88 Å². The predicted molar refractivity (Wildman–Crippen MR) is 100 cm³/mol. The van der Waals surface area contributed by atoms with Crippen LogP contribution in [0.5, 0.6) is 0 Å². The van der Waals surface area contributed by atoms with E-state index in [1.165, 1.54) is 6.07 Å². The molecule has 2 fully saturated rings. The van der Waals surface area contributed by atoms with Crippen molar-refractivity contribution in [2.75, 3.05) is 31.1 Å². The third kappa shape index (κ3) is 3.43. The molecule has 0 amide bonds. The number of piperazine rings is 1. The van der Waals surface area contributed by atoms with Crippen LogP contribution >= 0.6 is 22.9 Å². The maximum absolute atomic E-state index is 14.0. The van der Waals surface area contributed by atoms with Crippen LogP contribution in [0.1, 0.15) is 17.9 Å². The quantitative estimate of drug-likeness (QED) is 0.658. The van der Waals surface area contributed by atoms with Gasteiger partial charge in [-0.1, -0.05) is 17.7 Å². The van der Waals surface area contributed by atoms with E-state index in [4.69, 9.17) is 17.3 Å². The topological polar surface area (TPSA) is 57.8 Å². The average molecular weight is 380 g/mol. The van der Waals surface area contributed by atoms with Crippen molar-refractivity contribution < 1.29 is 4.39 Å². The first-order valence-electron chi connectivity index (χ1n) is 8.30. The number of thiazole rings is 1. The molecule has 132 valence electrons. The van der Waals surface area contributed by atoms with Crippen LogP contribution in [-0.4, -0.2) is 48.1 Å². The van der Waals surface area contributed by atoms with Gasteiger partial charge in [-0.3, -0.25) is 0 Å². The van der Waals surface area contributed by atoms with Crippen molar-refractivity contribution in [2.45, 2.75) is 18.4 Å². The first kappa shape index (κ1) is 16.6. The van der Waals surface area contributed by atoms with Crippen LogP contribution in [0.15, 0.2) is 34.8 Å². The van der Waals surface area contributed by atoms with E-state index < -0.39 is 0 Å². The van der Waals surface area contributed by atoms with Gasteiger partial charge in [0.15, 0.2) is 11.1 Å². The zero-order chi connectivity index (χ0) is 17.4. The lowest BCUT2D eigenvalue weighted by molar-refractivity contribution is 0.380. The van der Waals surface area contributed by atoms with Crippen molar-refractivity contribution in [2.24, 2.45) is 10.7 Å². The summed E-state index contributed by atoms with van der Waals surface area (Å²) < 4.78 is 14.0. The Bertz CT molecular complexity index is 753. The van der Waals surface area contributed by atoms with Crippen LogP contribution in [0.3, 0.4) is 0 Å². The molecule has 0 radical (unpaired) electrons. The Morgan fingerprint density at radius 2 is 2.12 bits per heavy atom. The standard InChI is InChI=1S/C17H19ClFN5S/c18-12-2-1-3-13(19)15(12)11-10-14(11)22-16(20)23-5-7-24(8-6-23)17-21-4-9-25-17/h1-4,9,11,14H,5-8,10H2,(H2,20,22). The molecule has 2 aromatic rings. The highest BCUT2D eigenvalue weighted by molar-refractivity contribution is 7.13. The maximum atomic E-state index is 14.0. The first-order chi connectivity index (χ1) is 12.1. The van der Waals surface area contributed by atoms with Gasteiger partial charge in [-0.15, -0.1) is 11.3 Å². The summed E-state index contributed by atoms with van der Waals surface area (Å²) in [5.41, 5.74) is 6.76. The number of aliphatic imine (C=N–C) groups is 1. The van der Waals surface area contributed by atoms with E-state index in [2.05, 4.69) is 19.8 Å². The molecular weight excluding hydrogens is 361 g/mol. The molecule has 2 heterocycles. The summed E-state index contributed by atoms with van der Waals surface area (Å²) in [5, 5.41) is 3.50. The maximum Gasteiger partial charge on any atom is 0.191 e. The molecule has 0 bridgehead atoms. The second-order valence-electron chi connectivity index (χ2n) is 6.32. The van der Waals surface area contributed by atoms with E-state index in [0.29, 0.717) is 16.5 Å². The summed E-state index contributed by atoms with van der Waals surface area (Å²) in [6, 6.07) is 4.81. The molecule has 2 N–H and O–H groups in total. The lowest BCUT2D eigenvalue weighted by Gasteiger charge is -2.35. The highest BCUT2D eigenvalue weighted by Crippen LogP contribution is 2.47. The van der Waals surface area contributed by atoms with Gasteiger partial charge in [-0.2, -0.15) is 0 Å². The van der Waals surface area contributed by atoms with Crippen LogP contribution in [0.2, 0.25) is 5.02 Å². The van der Waals surface area contributed by atoms with Crippen molar-refractivity contribution in [1.29, 1.82) is 0 Å². The zero-order valence-electron chi connectivity index (χ0n) is 13.6. The van der Waals surface area contributed by atoms with Gasteiger partial charge in [0.05, 0.1) is 6.04 Å². The smallest absolute Gasteiger partial charge is 0.191 e. The number of nitrogens with two attached hydrogens (primary N) is 1. The van der Waals surface area contributed by atoms with E-state index in [1.807, 2.05) is 11.6 Å². The second kappa shape index (κ2) is 6.80. The Hall–Kier alpha value is -1.86. The highest BCUT2D eigenvalue weighted by atomic mass is 35.5. The molecular formula is C17H19ClFN5S. The van der Waals surface area contributed by atoms with Gasteiger partial charge in [0.25, 0.3) is 0 Å². The molecule has 1 aromatic heterocycles. The Kier molecular flexibility index (Phi) is 4.52. The zero-order valence-corrected chi connectivity index (χ0v) is 15.2. The fourth-order valence-electron chi connectivity index (χ4n) is 3.25. The number of halogens is 2. The van der Waals surface area contributed by atoms with Crippen molar-refractivity contribution in [3.8, 4) is 0 Å². The number of aromatic nitrogens is 1. The summed E-state index contributed by atoms with van der Waals surface area (Å²) in [6.07, 6.45) is 2.61. The highest BCUT2D eigenvalue weighted by Gasteiger charge is 2.42. The summed E-state index contributed by atoms with van der Waals surface area (Å²) in [5.74, 6) is 0.313. The molecule has 4 rings (SSSR count). The largest absolute Gasteiger partial charge is 0.370 e. The fraction of sp³-hybridized carbons (Fsp3) is 0.412. The average Bonchev–Trinajstić information content (AvgIpc) is 3.13. The number of rotatable bonds is 3. The second-order valence-corrected chi connectivity index (χ2v) is 7.60. The molecule has 2 aliphatic rings. The van der Waals surface area contributed by atoms with E-state index in [0.717, 1.165) is 37.7 Å². The van der Waals surface area contributed by atoms with Crippen molar-refractivity contribution in [3.05, 3.63) is 46.2 Å². The lowest BCUT2D eigenvalue weighted by Crippen LogP contribution is -2.51. The number of hydrogen-bond donors (Lipinski definition) is 1. The van der Waals surface area contributed by atoms with Gasteiger partial charge in [-0.25, -0.2) is 14.4 Å². The van der Waals surface area contributed by atoms with Crippen molar-refractivity contribution >= 4 is 34.0 Å². The fourth-order valence-corrected chi connectivity index (χ4v) is 4.25. The summed E-state index contributed by atoms with van der Waals surface area (Å²) >= 11 is 7.79. The SMILES string of the molecule is NC(=NC1CC1c1c(F)cccc1Cl)N1CCN(c2nccs2)CC1. The third-order valence-electron chi connectivity index (χ3n) is 4.72. The molecule has 1 saturated heterocycles. The lowest BCUT2D eigenvalue weighted by atomic mass is 10.1. The minimum Gasteiger partial charge on any atom is -0.370 e. The van der Waals surface area contributed by atoms with Crippen molar-refractivity contribution in [3.63, 3.8) is 0 Å². The van der Waals surface area contributed by atoms with E-state index in [9.17, 15) is 4.39 Å². The minimum atomic E-state index is -0.258. The number of anilines is 1. The first-order valence-corrected chi connectivity index (χ1v) is 9.56. The Morgan fingerprint density at radius 1 is 1.32 bits per heavy atom. The molecule has 5 nitrogen and oxygen atoms in total. The molecule has 8 heteroatoms. The van der Waals surface area contributed by atoms with Gasteiger partial charge < -0.3 is 15.5 Å². The van der Waals surface area contributed by atoms with Crippen LogP contribution in [0, 0.1) is 5.82 Å². The summed E-state index contributed by atoms with van der Waals surface area (Å²) in [7, 11) is 0. The summed E-state index contributed by atoms with van der Waals surface area (Å²) in [4.78, 5) is 13.3. The number of guanidine groups is 1. The molecule has 1 aliphatic carbocycles. The monoisotopic (exact) mass is 379 g/mol. The molecule has 1 aliphatic heterocycles. The third-order valence-corrected chi connectivity index (χ3v) is 5.88. The molecule has 25 heavy (non-hydrogen) atoms. The number of benzene rings is 1. The molecule has 0 spiro atoms. The van der Waals surface area contributed by atoms with Gasteiger partial charge in [0.1, 0.15) is 5.82 Å². The normalized spacial score (nSPS) is 23.8. The van der Waals surface area contributed by atoms with Crippen LogP contribution in [0.4, 0.5) is 9.52 Å². The van der Waals surface area contributed by atoms with Crippen LogP contribution in [0.25, 0.3) is 0 Å². The molecule has 2 atom stereocenters. The van der Waals surface area contributed by atoms with Gasteiger partial charge in [0.2, 0.25) is 0 Å². The molecule has 1 saturated carbocycles. The van der Waals surface area contributed by atoms with Gasteiger partial charge >= 0.3 is 0 Å². The summed E-state index contributed by atoms with van der Waals surface area (Å²) in [6.45, 7) is 3.37. The van der Waals surface area contributed by atoms with Gasteiger partial charge in [0, 0.05) is 54.3 Å². The number of nitrogens with zero attached hydrogens (tertiary/aromatic N) is 4. The van der Waals surface area contributed by atoms with E-state index >= 15 is 0 Å².